The van der Waals surface area contributed by atoms with Crippen molar-refractivity contribution in [1.29, 1.82) is 0 Å². The maximum absolute atomic E-state index is 9.26. The van der Waals surface area contributed by atoms with E-state index < -0.39 is 0 Å². The molecular formula is C16H30N2O. The van der Waals surface area contributed by atoms with Gasteiger partial charge in [-0.2, -0.15) is 0 Å². The van der Waals surface area contributed by atoms with Gasteiger partial charge < -0.3 is 10.4 Å². The molecule has 0 radical (unpaired) electrons. The molecule has 110 valence electrons. The fraction of sp³-hybridized carbons (Fsp3) is 0.875. The van der Waals surface area contributed by atoms with Gasteiger partial charge in [0.15, 0.2) is 0 Å². The van der Waals surface area contributed by atoms with Crippen LogP contribution in [0, 0.1) is 5.92 Å². The van der Waals surface area contributed by atoms with E-state index in [1.807, 2.05) is 0 Å². The van der Waals surface area contributed by atoms with Crippen LogP contribution in [0.4, 0.5) is 0 Å². The van der Waals surface area contributed by atoms with Crippen LogP contribution in [0.5, 0.6) is 0 Å². The number of aliphatic hydroxyl groups excluding tert-OH is 1. The number of nitrogens with one attached hydrogen (secondary N) is 1. The molecule has 1 aliphatic carbocycles. The van der Waals surface area contributed by atoms with E-state index in [1.165, 1.54) is 64.6 Å². The van der Waals surface area contributed by atoms with Gasteiger partial charge in [-0.1, -0.05) is 12.2 Å². The molecule has 3 heteroatoms. The van der Waals surface area contributed by atoms with Crippen molar-refractivity contribution in [2.75, 3.05) is 32.8 Å². The minimum Gasteiger partial charge on any atom is -0.395 e. The summed E-state index contributed by atoms with van der Waals surface area (Å²) >= 11 is 0. The number of nitrogens with zero attached hydrogens (tertiary/aromatic N) is 1. The van der Waals surface area contributed by atoms with Crippen LogP contribution in [-0.4, -0.2) is 48.8 Å². The number of rotatable bonds is 8. The molecule has 0 aromatic rings. The monoisotopic (exact) mass is 266 g/mol. The van der Waals surface area contributed by atoms with Crippen LogP contribution in [0.3, 0.4) is 0 Å². The number of hydrogen-bond donors (Lipinski definition) is 2. The van der Waals surface area contributed by atoms with Gasteiger partial charge in [0.05, 0.1) is 6.61 Å². The molecule has 19 heavy (non-hydrogen) atoms. The Labute approximate surface area is 118 Å². The molecule has 0 spiro atoms. The first-order valence-corrected chi connectivity index (χ1v) is 8.11. The van der Waals surface area contributed by atoms with Crippen molar-refractivity contribution in [2.45, 2.75) is 51.0 Å². The summed E-state index contributed by atoms with van der Waals surface area (Å²) in [5, 5.41) is 12.9. The molecule has 0 aromatic carbocycles. The van der Waals surface area contributed by atoms with Crippen molar-refractivity contribution in [2.24, 2.45) is 5.92 Å². The fourth-order valence-corrected chi connectivity index (χ4v) is 3.31. The molecular weight excluding hydrogens is 236 g/mol. The van der Waals surface area contributed by atoms with Crippen LogP contribution in [-0.2, 0) is 0 Å². The first kappa shape index (κ1) is 15.0. The second-order valence-corrected chi connectivity index (χ2v) is 6.08. The zero-order valence-electron chi connectivity index (χ0n) is 12.2. The molecule has 0 aromatic heterocycles. The van der Waals surface area contributed by atoms with Crippen molar-refractivity contribution < 1.29 is 5.11 Å². The van der Waals surface area contributed by atoms with Gasteiger partial charge in [-0.15, -0.1) is 0 Å². The number of unbranched alkanes of at least 4 members (excludes halogenated alkanes) is 1. The first-order chi connectivity index (χ1) is 9.40. The van der Waals surface area contributed by atoms with E-state index >= 15 is 0 Å². The highest BCUT2D eigenvalue weighted by Crippen LogP contribution is 2.18. The molecule has 2 rings (SSSR count). The lowest BCUT2D eigenvalue weighted by Crippen LogP contribution is -2.33. The largest absolute Gasteiger partial charge is 0.395 e. The van der Waals surface area contributed by atoms with Crippen LogP contribution in [0.15, 0.2) is 12.2 Å². The van der Waals surface area contributed by atoms with Crippen LogP contribution in [0.25, 0.3) is 0 Å². The summed E-state index contributed by atoms with van der Waals surface area (Å²) in [4.78, 5) is 2.46. The Hall–Kier alpha value is -0.380. The number of allylic oxidation sites excluding steroid dienone is 2. The third-order valence-electron chi connectivity index (χ3n) is 4.57. The standard InChI is InChI=1S/C16H30N2O/c19-14-16-9-6-12-18(16)11-5-4-10-17-13-15-7-2-1-3-8-15/h1-2,15-17,19H,3-14H2. The Morgan fingerprint density at radius 2 is 2.16 bits per heavy atom. The lowest BCUT2D eigenvalue weighted by molar-refractivity contribution is 0.157. The molecule has 2 N–H and O–H groups in total. The van der Waals surface area contributed by atoms with E-state index in [4.69, 9.17) is 0 Å². The zero-order chi connectivity index (χ0) is 13.3. The Morgan fingerprint density at radius 1 is 1.21 bits per heavy atom. The Kier molecular flexibility index (Phi) is 6.90. The van der Waals surface area contributed by atoms with Crippen molar-refractivity contribution >= 4 is 0 Å². The third-order valence-corrected chi connectivity index (χ3v) is 4.57. The van der Waals surface area contributed by atoms with Gasteiger partial charge in [0.2, 0.25) is 0 Å². The molecule has 1 aliphatic heterocycles. The summed E-state index contributed by atoms with van der Waals surface area (Å²) in [6, 6.07) is 0.446. The third kappa shape index (κ3) is 5.25. The molecule has 0 amide bonds. The summed E-state index contributed by atoms with van der Waals surface area (Å²) in [6.07, 6.45) is 13.5. The maximum Gasteiger partial charge on any atom is 0.0586 e. The van der Waals surface area contributed by atoms with E-state index in [0.29, 0.717) is 12.6 Å². The van der Waals surface area contributed by atoms with Crippen LogP contribution < -0.4 is 5.32 Å². The predicted octanol–water partition coefficient (Wildman–Crippen LogP) is 2.17. The van der Waals surface area contributed by atoms with E-state index in [2.05, 4.69) is 22.4 Å². The van der Waals surface area contributed by atoms with Crippen LogP contribution in [0.1, 0.15) is 44.9 Å². The van der Waals surface area contributed by atoms with Gasteiger partial charge in [-0.3, -0.25) is 4.90 Å². The minimum absolute atomic E-state index is 0.341. The predicted molar refractivity (Wildman–Crippen MR) is 80.3 cm³/mol. The van der Waals surface area contributed by atoms with Crippen molar-refractivity contribution in [3.8, 4) is 0 Å². The molecule has 1 saturated heterocycles. The summed E-state index contributed by atoms with van der Waals surface area (Å²) in [7, 11) is 0. The van der Waals surface area contributed by atoms with E-state index in [-0.39, 0.29) is 0 Å². The topological polar surface area (TPSA) is 35.5 Å². The molecule has 2 unspecified atom stereocenters. The van der Waals surface area contributed by atoms with Gasteiger partial charge in [0.25, 0.3) is 0 Å². The lowest BCUT2D eigenvalue weighted by atomic mass is 9.94. The normalized spacial score (nSPS) is 28.1. The average Bonchev–Trinajstić information content (AvgIpc) is 2.91. The van der Waals surface area contributed by atoms with Gasteiger partial charge in [0.1, 0.15) is 0 Å². The van der Waals surface area contributed by atoms with Gasteiger partial charge in [0, 0.05) is 6.04 Å². The van der Waals surface area contributed by atoms with Crippen LogP contribution >= 0.6 is 0 Å². The molecule has 1 fully saturated rings. The van der Waals surface area contributed by atoms with Gasteiger partial charge >= 0.3 is 0 Å². The SMILES string of the molecule is OCC1CCCN1CCCCNCC1CC=CCC1. The van der Waals surface area contributed by atoms with Crippen molar-refractivity contribution in [3.63, 3.8) is 0 Å². The molecule has 3 nitrogen and oxygen atoms in total. The summed E-state index contributed by atoms with van der Waals surface area (Å²) in [6.45, 7) is 5.03. The highest BCUT2D eigenvalue weighted by molar-refractivity contribution is 4.90. The summed E-state index contributed by atoms with van der Waals surface area (Å²) in [5.74, 6) is 0.863. The maximum atomic E-state index is 9.26. The average molecular weight is 266 g/mol. The van der Waals surface area contributed by atoms with Crippen molar-refractivity contribution in [1.82, 2.24) is 10.2 Å². The van der Waals surface area contributed by atoms with Crippen LogP contribution in [0.2, 0.25) is 0 Å². The van der Waals surface area contributed by atoms with E-state index in [9.17, 15) is 5.11 Å². The number of hydrogen-bond acceptors (Lipinski definition) is 3. The first-order valence-electron chi connectivity index (χ1n) is 8.11. The number of likely N-dealkylation sites (tertiary alicyclic amines) is 1. The van der Waals surface area contributed by atoms with Gasteiger partial charge in [-0.25, -0.2) is 0 Å². The molecule has 2 atom stereocenters. The fourth-order valence-electron chi connectivity index (χ4n) is 3.31. The summed E-state index contributed by atoms with van der Waals surface area (Å²) < 4.78 is 0. The molecule has 2 aliphatic rings. The lowest BCUT2D eigenvalue weighted by Gasteiger charge is -2.22. The quantitative estimate of drug-likeness (QED) is 0.522. The van der Waals surface area contributed by atoms with Crippen molar-refractivity contribution in [3.05, 3.63) is 12.2 Å². The van der Waals surface area contributed by atoms with E-state index in [1.54, 1.807) is 0 Å². The molecule has 0 bridgehead atoms. The minimum atomic E-state index is 0.341. The second kappa shape index (κ2) is 8.72. The van der Waals surface area contributed by atoms with E-state index in [0.717, 1.165) is 12.5 Å². The Bertz CT molecular complexity index is 267. The Balaban J connectivity index is 1.45. The highest BCUT2D eigenvalue weighted by atomic mass is 16.3. The zero-order valence-corrected chi connectivity index (χ0v) is 12.2. The molecule has 0 saturated carbocycles. The van der Waals surface area contributed by atoms with Gasteiger partial charge in [-0.05, 0) is 77.0 Å². The summed E-state index contributed by atoms with van der Waals surface area (Å²) in [5.41, 5.74) is 0. The molecule has 1 heterocycles. The highest BCUT2D eigenvalue weighted by Gasteiger charge is 2.22. The Morgan fingerprint density at radius 3 is 2.95 bits per heavy atom. The number of aliphatic hydroxyl groups is 1. The second-order valence-electron chi connectivity index (χ2n) is 6.08. The smallest absolute Gasteiger partial charge is 0.0586 e.